The van der Waals surface area contributed by atoms with Crippen molar-refractivity contribution in [3.05, 3.63) is 24.1 Å². The topological polar surface area (TPSA) is 110 Å². The van der Waals surface area contributed by atoms with Crippen LogP contribution in [0.1, 0.15) is 45.9 Å². The van der Waals surface area contributed by atoms with E-state index in [0.717, 1.165) is 19.3 Å². The number of oxazole rings is 1. The van der Waals surface area contributed by atoms with Gasteiger partial charge in [-0.1, -0.05) is 27.2 Å². The van der Waals surface area contributed by atoms with E-state index in [9.17, 15) is 9.59 Å². The molecule has 1 aromatic heterocycles. The minimum absolute atomic E-state index is 0.184. The van der Waals surface area contributed by atoms with Gasteiger partial charge in [-0.15, -0.1) is 0 Å². The maximum absolute atomic E-state index is 12.2. The number of nitrogens with two attached hydrogens (primary N) is 1. The Bertz CT molecular complexity index is 806. The largest absolute Gasteiger partial charge is 0.440 e. The molecule has 1 fully saturated rings. The molecule has 1 saturated carbocycles. The molecule has 1 aliphatic rings. The van der Waals surface area contributed by atoms with E-state index in [1.54, 1.807) is 18.2 Å². The van der Waals surface area contributed by atoms with Crippen LogP contribution < -0.4 is 16.4 Å². The third-order valence-electron chi connectivity index (χ3n) is 4.48. The molecule has 1 heterocycles. The molecular formula is C18H24N4O3. The van der Waals surface area contributed by atoms with Crippen LogP contribution >= 0.6 is 0 Å². The second-order valence-corrected chi connectivity index (χ2v) is 7.60. The maximum atomic E-state index is 12.2. The van der Waals surface area contributed by atoms with E-state index in [-0.39, 0.29) is 29.3 Å². The molecule has 0 spiro atoms. The van der Waals surface area contributed by atoms with E-state index >= 15 is 0 Å². The summed E-state index contributed by atoms with van der Waals surface area (Å²) in [5.41, 5.74) is 7.19. The van der Waals surface area contributed by atoms with Crippen LogP contribution in [0.15, 0.2) is 22.6 Å². The van der Waals surface area contributed by atoms with E-state index in [1.165, 1.54) is 0 Å². The van der Waals surface area contributed by atoms with Crippen LogP contribution in [0, 0.1) is 5.92 Å². The van der Waals surface area contributed by atoms with Crippen molar-refractivity contribution in [1.29, 1.82) is 0 Å². The van der Waals surface area contributed by atoms with Gasteiger partial charge in [0.25, 0.3) is 0 Å². The number of amides is 3. The zero-order valence-corrected chi connectivity index (χ0v) is 14.8. The highest BCUT2D eigenvalue weighted by atomic mass is 16.3. The molecule has 1 aliphatic carbocycles. The number of primary amides is 1. The fraction of sp³-hybridized carbons (Fsp3) is 0.500. The summed E-state index contributed by atoms with van der Waals surface area (Å²) >= 11 is 0. The van der Waals surface area contributed by atoms with Crippen LogP contribution in [0.5, 0.6) is 0 Å². The quantitative estimate of drug-likeness (QED) is 0.795. The van der Waals surface area contributed by atoms with Gasteiger partial charge >= 0.3 is 6.03 Å². The number of rotatable bonds is 3. The number of carbonyl (C=O) groups is 2. The highest BCUT2D eigenvalue weighted by molar-refractivity contribution is 5.92. The third kappa shape index (κ3) is 3.75. The second-order valence-electron chi connectivity index (χ2n) is 7.60. The minimum atomic E-state index is -0.360. The molecule has 2 aromatic rings. The molecule has 3 amide bonds. The number of fused-ring (bicyclic) bond motifs is 1. The summed E-state index contributed by atoms with van der Waals surface area (Å²) < 4.78 is 5.75. The number of aromatic nitrogens is 1. The Morgan fingerprint density at radius 1 is 1.28 bits per heavy atom. The van der Waals surface area contributed by atoms with Crippen molar-refractivity contribution >= 4 is 28.7 Å². The molecule has 25 heavy (non-hydrogen) atoms. The predicted octanol–water partition coefficient (Wildman–Crippen LogP) is 2.90. The number of hydrogen-bond acceptors (Lipinski definition) is 4. The van der Waals surface area contributed by atoms with Crippen molar-refractivity contribution in [2.75, 3.05) is 5.32 Å². The number of nitrogens with one attached hydrogen (secondary N) is 2. The molecule has 0 bridgehead atoms. The van der Waals surface area contributed by atoms with Crippen LogP contribution in [0.4, 0.5) is 10.5 Å². The summed E-state index contributed by atoms with van der Waals surface area (Å²) in [6.45, 7) is 6.09. The second kappa shape index (κ2) is 6.38. The zero-order chi connectivity index (χ0) is 18.2. The first-order chi connectivity index (χ1) is 11.7. The van der Waals surface area contributed by atoms with E-state index in [2.05, 4.69) is 15.6 Å². The first kappa shape index (κ1) is 17.3. The number of anilines is 1. The Morgan fingerprint density at radius 3 is 2.72 bits per heavy atom. The molecule has 0 aliphatic heterocycles. The van der Waals surface area contributed by atoms with E-state index in [4.69, 9.17) is 10.2 Å². The van der Waals surface area contributed by atoms with Gasteiger partial charge in [0.2, 0.25) is 11.8 Å². The molecule has 7 nitrogen and oxygen atoms in total. The van der Waals surface area contributed by atoms with Gasteiger partial charge in [-0.25, -0.2) is 9.78 Å². The summed E-state index contributed by atoms with van der Waals surface area (Å²) in [7, 11) is 0. The van der Waals surface area contributed by atoms with Gasteiger partial charge in [-0.05, 0) is 31.0 Å². The average molecular weight is 344 g/mol. The summed E-state index contributed by atoms with van der Waals surface area (Å²) in [4.78, 5) is 28.1. The molecule has 2 atom stereocenters. The summed E-state index contributed by atoms with van der Waals surface area (Å²) in [6, 6.07) is 4.76. The summed E-state index contributed by atoms with van der Waals surface area (Å²) in [5.74, 6) is -0.000928. The minimum Gasteiger partial charge on any atom is -0.440 e. The number of hydrogen-bond donors (Lipinski definition) is 3. The lowest BCUT2D eigenvalue weighted by Gasteiger charge is -2.18. The first-order valence-corrected chi connectivity index (χ1v) is 8.52. The Kier molecular flexibility index (Phi) is 4.41. The molecular weight excluding hydrogens is 320 g/mol. The van der Waals surface area contributed by atoms with Gasteiger partial charge in [0.05, 0.1) is 5.92 Å². The Labute approximate surface area is 146 Å². The molecule has 0 unspecified atom stereocenters. The van der Waals surface area contributed by atoms with Crippen LogP contribution in [0.25, 0.3) is 11.1 Å². The molecule has 3 rings (SSSR count). The van der Waals surface area contributed by atoms with Crippen molar-refractivity contribution in [1.82, 2.24) is 10.3 Å². The van der Waals surface area contributed by atoms with Gasteiger partial charge in [0.15, 0.2) is 5.58 Å². The Hall–Kier alpha value is -2.57. The van der Waals surface area contributed by atoms with Crippen molar-refractivity contribution in [2.45, 2.75) is 51.5 Å². The molecule has 1 aromatic carbocycles. The average Bonchev–Trinajstić information content (AvgIpc) is 3.12. The monoisotopic (exact) mass is 344 g/mol. The fourth-order valence-corrected chi connectivity index (χ4v) is 3.13. The number of urea groups is 1. The van der Waals surface area contributed by atoms with Crippen LogP contribution in [0.3, 0.4) is 0 Å². The summed E-state index contributed by atoms with van der Waals surface area (Å²) in [6.07, 6.45) is 2.37. The lowest BCUT2D eigenvalue weighted by molar-refractivity contribution is -0.122. The molecule has 4 N–H and O–H groups in total. The third-order valence-corrected chi connectivity index (χ3v) is 4.48. The normalized spacial score (nSPS) is 20.6. The lowest BCUT2D eigenvalue weighted by atomic mass is 9.97. The SMILES string of the molecule is CC(C)(C)c1nc2cc(NC(=O)N[C@@H]3CCC[C@@H]3C(N)=O)ccc2o1. The lowest BCUT2D eigenvalue weighted by Crippen LogP contribution is -2.44. The molecule has 7 heteroatoms. The number of nitrogens with zero attached hydrogens (tertiary/aromatic N) is 1. The fourth-order valence-electron chi connectivity index (χ4n) is 3.13. The number of benzene rings is 1. The van der Waals surface area contributed by atoms with Crippen molar-refractivity contribution in [3.63, 3.8) is 0 Å². The van der Waals surface area contributed by atoms with Gasteiger partial charge < -0.3 is 20.8 Å². The smallest absolute Gasteiger partial charge is 0.319 e. The van der Waals surface area contributed by atoms with Crippen LogP contribution in [-0.4, -0.2) is 23.0 Å². The van der Waals surface area contributed by atoms with E-state index < -0.39 is 0 Å². The van der Waals surface area contributed by atoms with Gasteiger partial charge in [0.1, 0.15) is 5.52 Å². The van der Waals surface area contributed by atoms with Gasteiger partial charge in [-0.2, -0.15) is 0 Å². The van der Waals surface area contributed by atoms with Crippen LogP contribution in [-0.2, 0) is 10.2 Å². The Morgan fingerprint density at radius 2 is 2.04 bits per heavy atom. The Balaban J connectivity index is 1.70. The van der Waals surface area contributed by atoms with Crippen molar-refractivity contribution in [3.8, 4) is 0 Å². The van der Waals surface area contributed by atoms with Crippen LogP contribution in [0.2, 0.25) is 0 Å². The molecule has 0 saturated heterocycles. The highest BCUT2D eigenvalue weighted by Gasteiger charge is 2.32. The standard InChI is InChI=1S/C18H24N4O3/c1-18(2,3)16-21-13-9-10(7-8-14(13)25-16)20-17(24)22-12-6-4-5-11(12)15(19)23/h7-9,11-12H,4-6H2,1-3H3,(H2,19,23)(H2,20,22,24)/t11-,12+/m0/s1. The summed E-state index contributed by atoms with van der Waals surface area (Å²) in [5, 5.41) is 5.63. The van der Waals surface area contributed by atoms with Crippen molar-refractivity contribution < 1.29 is 14.0 Å². The van der Waals surface area contributed by atoms with Crippen molar-refractivity contribution in [2.24, 2.45) is 11.7 Å². The van der Waals surface area contributed by atoms with E-state index in [1.807, 2.05) is 20.8 Å². The van der Waals surface area contributed by atoms with E-state index in [0.29, 0.717) is 22.7 Å². The zero-order valence-electron chi connectivity index (χ0n) is 14.8. The first-order valence-electron chi connectivity index (χ1n) is 8.52. The molecule has 0 radical (unpaired) electrons. The van der Waals surface area contributed by atoms with Gasteiger partial charge in [-0.3, -0.25) is 4.79 Å². The highest BCUT2D eigenvalue weighted by Crippen LogP contribution is 2.28. The maximum Gasteiger partial charge on any atom is 0.319 e. The number of carbonyl (C=O) groups excluding carboxylic acids is 2. The molecule has 134 valence electrons. The predicted molar refractivity (Wildman–Crippen MR) is 95.2 cm³/mol. The van der Waals surface area contributed by atoms with Gasteiger partial charge in [0, 0.05) is 17.1 Å².